The van der Waals surface area contributed by atoms with Crippen molar-refractivity contribution in [3.05, 3.63) is 76.6 Å². The Morgan fingerprint density at radius 2 is 1.83 bits per heavy atom. The zero-order chi connectivity index (χ0) is 21.5. The van der Waals surface area contributed by atoms with Crippen LogP contribution in [0.3, 0.4) is 0 Å². The maximum Gasteiger partial charge on any atom is 0.266 e. The van der Waals surface area contributed by atoms with Crippen molar-refractivity contribution in [2.45, 2.75) is 19.1 Å². The molecule has 152 valence electrons. The molecule has 0 saturated carbocycles. The van der Waals surface area contributed by atoms with Gasteiger partial charge in [0.2, 0.25) is 0 Å². The molecule has 1 atom stereocenters. The van der Waals surface area contributed by atoms with Gasteiger partial charge in [0.1, 0.15) is 12.5 Å². The van der Waals surface area contributed by atoms with Crippen molar-refractivity contribution in [3.63, 3.8) is 0 Å². The minimum Gasteiger partial charge on any atom is -0.369 e. The number of benzene rings is 1. The van der Waals surface area contributed by atoms with Crippen molar-refractivity contribution in [2.24, 2.45) is 10.7 Å². The monoisotopic (exact) mass is 424 g/mol. The van der Waals surface area contributed by atoms with Crippen molar-refractivity contribution < 1.29 is 9.18 Å². The third kappa shape index (κ3) is 3.19. The van der Waals surface area contributed by atoms with Gasteiger partial charge >= 0.3 is 0 Å². The maximum atomic E-state index is 13.4. The van der Waals surface area contributed by atoms with Gasteiger partial charge in [-0.3, -0.25) is 14.7 Å². The van der Waals surface area contributed by atoms with E-state index in [1.807, 2.05) is 0 Å². The molecule has 0 aliphatic carbocycles. The number of nitrogens with two attached hydrogens (primary N) is 1. The molecule has 30 heavy (non-hydrogen) atoms. The molecule has 0 saturated heterocycles. The van der Waals surface area contributed by atoms with E-state index in [9.17, 15) is 9.18 Å². The number of aryl methyl sites for hydroxylation is 1. The van der Waals surface area contributed by atoms with Crippen molar-refractivity contribution in [3.8, 4) is 11.1 Å². The molecule has 7 nitrogen and oxygen atoms in total. The molecule has 0 radical (unpaired) electrons. The standard InChI is InChI=1S/C21H18ClFN6O/c1-12-26-10-14(11-27-12)13-5-16(7-17(22)6-13)21(19(30)29(2)20(24)28-21)15-3-4-25-18(8-15)9-23/h3-8,10-11H,9H2,1-2H3,(H2,24,28). The lowest BCUT2D eigenvalue weighted by molar-refractivity contribution is -0.129. The fourth-order valence-corrected chi connectivity index (χ4v) is 3.70. The molecule has 1 amide bonds. The molecule has 1 unspecified atom stereocenters. The maximum absolute atomic E-state index is 13.4. The number of aliphatic imine (C=N–C) groups is 1. The van der Waals surface area contributed by atoms with Crippen LogP contribution >= 0.6 is 11.6 Å². The Morgan fingerprint density at radius 3 is 2.47 bits per heavy atom. The summed E-state index contributed by atoms with van der Waals surface area (Å²) in [6.07, 6.45) is 4.80. The van der Waals surface area contributed by atoms with Crippen molar-refractivity contribution in [1.82, 2.24) is 19.9 Å². The van der Waals surface area contributed by atoms with Gasteiger partial charge in [-0.25, -0.2) is 19.4 Å². The van der Waals surface area contributed by atoms with Crippen LogP contribution in [0, 0.1) is 6.92 Å². The molecular weight excluding hydrogens is 407 g/mol. The van der Waals surface area contributed by atoms with E-state index in [0.717, 1.165) is 5.56 Å². The normalized spacial score (nSPS) is 18.6. The molecule has 0 fully saturated rings. The Labute approximate surface area is 177 Å². The lowest BCUT2D eigenvalue weighted by Crippen LogP contribution is -2.41. The number of carbonyl (C=O) groups excluding carboxylic acids is 1. The Morgan fingerprint density at radius 1 is 1.10 bits per heavy atom. The quantitative estimate of drug-likeness (QED) is 0.694. The highest BCUT2D eigenvalue weighted by Crippen LogP contribution is 2.41. The summed E-state index contributed by atoms with van der Waals surface area (Å²) in [5, 5.41) is 0.401. The summed E-state index contributed by atoms with van der Waals surface area (Å²) in [5.74, 6) is 0.321. The molecule has 0 spiro atoms. The summed E-state index contributed by atoms with van der Waals surface area (Å²) < 4.78 is 13.3. The first kappa shape index (κ1) is 19.9. The van der Waals surface area contributed by atoms with Gasteiger partial charge in [-0.05, 0) is 53.9 Å². The second kappa shape index (κ2) is 7.46. The van der Waals surface area contributed by atoms with Gasteiger partial charge in [-0.2, -0.15) is 0 Å². The lowest BCUT2D eigenvalue weighted by atomic mass is 9.82. The first-order chi connectivity index (χ1) is 14.3. The van der Waals surface area contributed by atoms with E-state index in [0.29, 0.717) is 27.5 Å². The third-order valence-electron chi connectivity index (χ3n) is 5.04. The van der Waals surface area contributed by atoms with E-state index in [-0.39, 0.29) is 17.6 Å². The van der Waals surface area contributed by atoms with Gasteiger partial charge in [0.05, 0.1) is 5.69 Å². The summed E-state index contributed by atoms with van der Waals surface area (Å²) in [7, 11) is 1.54. The molecular formula is C21H18ClFN6O. The minimum atomic E-state index is -1.50. The average Bonchev–Trinajstić information content (AvgIpc) is 2.98. The summed E-state index contributed by atoms with van der Waals surface area (Å²) in [6, 6.07) is 8.35. The van der Waals surface area contributed by atoms with E-state index in [2.05, 4.69) is 19.9 Å². The van der Waals surface area contributed by atoms with Crippen LogP contribution in [0.4, 0.5) is 4.39 Å². The van der Waals surface area contributed by atoms with E-state index >= 15 is 0 Å². The zero-order valence-corrected chi connectivity index (χ0v) is 17.1. The van der Waals surface area contributed by atoms with Gasteiger partial charge in [0.15, 0.2) is 11.5 Å². The number of carbonyl (C=O) groups is 1. The lowest BCUT2D eigenvalue weighted by Gasteiger charge is -2.27. The van der Waals surface area contributed by atoms with Crippen LogP contribution in [0.1, 0.15) is 22.6 Å². The molecule has 1 aromatic carbocycles. The van der Waals surface area contributed by atoms with Gasteiger partial charge in [0, 0.05) is 36.2 Å². The molecule has 2 N–H and O–H groups in total. The molecule has 4 rings (SSSR count). The summed E-state index contributed by atoms with van der Waals surface area (Å²) in [6.45, 7) is 1.02. The fourth-order valence-electron chi connectivity index (χ4n) is 3.47. The highest BCUT2D eigenvalue weighted by molar-refractivity contribution is 6.31. The number of nitrogens with zero attached hydrogens (tertiary/aromatic N) is 5. The Hall–Kier alpha value is -3.39. The fraction of sp³-hybridized carbons (Fsp3) is 0.190. The second-order valence-corrected chi connectivity index (χ2v) is 7.40. The van der Waals surface area contributed by atoms with Crippen LogP contribution in [0.15, 0.2) is 53.9 Å². The van der Waals surface area contributed by atoms with E-state index in [4.69, 9.17) is 17.3 Å². The van der Waals surface area contributed by atoms with Crippen LogP contribution in [-0.4, -0.2) is 38.8 Å². The van der Waals surface area contributed by atoms with Crippen molar-refractivity contribution >= 4 is 23.5 Å². The number of pyridine rings is 1. The molecule has 1 aliphatic rings. The smallest absolute Gasteiger partial charge is 0.266 e. The molecule has 1 aliphatic heterocycles. The molecule has 3 heterocycles. The highest BCUT2D eigenvalue weighted by atomic mass is 35.5. The Balaban J connectivity index is 1.97. The minimum absolute atomic E-state index is 0.0544. The van der Waals surface area contributed by atoms with Crippen LogP contribution in [0.2, 0.25) is 5.02 Å². The van der Waals surface area contributed by atoms with Gasteiger partial charge in [-0.1, -0.05) is 11.6 Å². The van der Waals surface area contributed by atoms with Crippen molar-refractivity contribution in [1.29, 1.82) is 0 Å². The first-order valence-electron chi connectivity index (χ1n) is 9.10. The number of hydrogen-bond donors (Lipinski definition) is 1. The number of amides is 1. The summed E-state index contributed by atoms with van der Waals surface area (Å²) in [4.78, 5) is 31.6. The number of likely N-dealkylation sites (N-methyl/N-ethyl adjacent to an activating group) is 1. The number of aromatic nitrogens is 3. The number of guanidine groups is 1. The number of hydrogen-bond acceptors (Lipinski definition) is 6. The van der Waals surface area contributed by atoms with Crippen molar-refractivity contribution in [2.75, 3.05) is 7.05 Å². The predicted octanol–water partition coefficient (Wildman–Crippen LogP) is 3.00. The predicted molar refractivity (Wildman–Crippen MR) is 111 cm³/mol. The largest absolute Gasteiger partial charge is 0.369 e. The van der Waals surface area contributed by atoms with Crippen LogP contribution in [0.25, 0.3) is 11.1 Å². The third-order valence-corrected chi connectivity index (χ3v) is 5.26. The van der Waals surface area contributed by atoms with Crippen LogP contribution < -0.4 is 5.73 Å². The number of halogens is 2. The molecule has 3 aromatic rings. The van der Waals surface area contributed by atoms with Gasteiger partial charge in [-0.15, -0.1) is 0 Å². The SMILES string of the molecule is Cc1ncc(-c2cc(Cl)cc(C3(c4ccnc(CF)c4)N=C(N)N(C)C3=O)c2)cn1. The number of alkyl halides is 1. The van der Waals surface area contributed by atoms with Gasteiger partial charge < -0.3 is 5.73 Å². The Kier molecular flexibility index (Phi) is 4.95. The Bertz CT molecular complexity index is 1170. The molecule has 2 aromatic heterocycles. The highest BCUT2D eigenvalue weighted by Gasteiger charge is 2.50. The van der Waals surface area contributed by atoms with E-state index in [1.165, 1.54) is 17.2 Å². The first-order valence-corrected chi connectivity index (χ1v) is 9.48. The zero-order valence-electron chi connectivity index (χ0n) is 16.3. The summed E-state index contributed by atoms with van der Waals surface area (Å²) in [5.41, 5.74) is 7.09. The second-order valence-electron chi connectivity index (χ2n) is 6.96. The topological polar surface area (TPSA) is 97.4 Å². The van der Waals surface area contributed by atoms with Crippen LogP contribution in [-0.2, 0) is 17.0 Å². The molecule has 0 bridgehead atoms. The van der Waals surface area contributed by atoms with Gasteiger partial charge in [0.25, 0.3) is 5.91 Å². The van der Waals surface area contributed by atoms with E-state index < -0.39 is 12.2 Å². The van der Waals surface area contributed by atoms with Crippen LogP contribution in [0.5, 0.6) is 0 Å². The number of rotatable bonds is 4. The van der Waals surface area contributed by atoms with E-state index in [1.54, 1.807) is 50.6 Å². The molecule has 9 heteroatoms. The average molecular weight is 425 g/mol. The summed E-state index contributed by atoms with van der Waals surface area (Å²) >= 11 is 6.42.